The van der Waals surface area contributed by atoms with Crippen LogP contribution in [0.2, 0.25) is 0 Å². The molecule has 0 saturated carbocycles. The summed E-state index contributed by atoms with van der Waals surface area (Å²) in [6.45, 7) is 0. The van der Waals surface area contributed by atoms with Crippen molar-refractivity contribution in [1.29, 1.82) is 0 Å². The zero-order chi connectivity index (χ0) is 20.2. The van der Waals surface area contributed by atoms with E-state index in [4.69, 9.17) is 4.74 Å². The molecule has 0 radical (unpaired) electrons. The van der Waals surface area contributed by atoms with Crippen LogP contribution in [0.15, 0.2) is 65.8 Å². The summed E-state index contributed by atoms with van der Waals surface area (Å²) in [5.41, 5.74) is 2.64. The molecule has 0 aliphatic rings. The predicted octanol–water partition coefficient (Wildman–Crippen LogP) is 3.67. The molecular formula is C20H16FN5O2S. The number of nitrogens with one attached hydrogen (secondary N) is 1. The van der Waals surface area contributed by atoms with Gasteiger partial charge in [0.1, 0.15) is 11.6 Å². The Morgan fingerprint density at radius 3 is 2.72 bits per heavy atom. The highest BCUT2D eigenvalue weighted by molar-refractivity contribution is 7.99. The first kappa shape index (κ1) is 18.9. The highest BCUT2D eigenvalue weighted by Crippen LogP contribution is 2.23. The molecule has 0 bridgehead atoms. The zero-order valence-electron chi connectivity index (χ0n) is 15.4. The molecule has 4 rings (SSSR count). The molecule has 29 heavy (non-hydrogen) atoms. The van der Waals surface area contributed by atoms with Crippen molar-refractivity contribution in [2.75, 3.05) is 18.2 Å². The van der Waals surface area contributed by atoms with Crippen molar-refractivity contribution in [1.82, 2.24) is 19.8 Å². The van der Waals surface area contributed by atoms with Crippen molar-refractivity contribution >= 4 is 29.0 Å². The van der Waals surface area contributed by atoms with Gasteiger partial charge in [-0.2, -0.15) is 9.61 Å². The van der Waals surface area contributed by atoms with Crippen LogP contribution in [0.25, 0.3) is 16.9 Å². The number of carbonyl (C=O) groups excluding carboxylic acids is 1. The number of halogens is 1. The van der Waals surface area contributed by atoms with Gasteiger partial charge >= 0.3 is 0 Å². The van der Waals surface area contributed by atoms with Crippen molar-refractivity contribution in [2.45, 2.75) is 5.16 Å². The van der Waals surface area contributed by atoms with Gasteiger partial charge in [0.25, 0.3) is 0 Å². The van der Waals surface area contributed by atoms with E-state index in [0.717, 1.165) is 17.0 Å². The fraction of sp³-hybridized carbons (Fsp3) is 0.100. The lowest BCUT2D eigenvalue weighted by atomic mass is 10.1. The maximum Gasteiger partial charge on any atom is 0.234 e. The minimum Gasteiger partial charge on any atom is -0.497 e. The van der Waals surface area contributed by atoms with Crippen molar-refractivity contribution in [3.8, 4) is 17.0 Å². The Bertz CT molecular complexity index is 1160. The summed E-state index contributed by atoms with van der Waals surface area (Å²) in [6, 6.07) is 17.0. The zero-order valence-corrected chi connectivity index (χ0v) is 16.2. The number of nitrogens with zero attached hydrogens (tertiary/aromatic N) is 4. The Labute approximate surface area is 169 Å². The van der Waals surface area contributed by atoms with Gasteiger partial charge in [0.15, 0.2) is 5.65 Å². The number of benzene rings is 2. The molecule has 0 fully saturated rings. The van der Waals surface area contributed by atoms with Gasteiger partial charge in [-0.05, 0) is 54.6 Å². The number of hydrogen-bond donors (Lipinski definition) is 1. The van der Waals surface area contributed by atoms with E-state index in [9.17, 15) is 9.18 Å². The van der Waals surface area contributed by atoms with Gasteiger partial charge < -0.3 is 10.1 Å². The van der Waals surface area contributed by atoms with Gasteiger partial charge in [-0.1, -0.05) is 17.8 Å². The van der Waals surface area contributed by atoms with Crippen LogP contribution in [0, 0.1) is 5.82 Å². The minimum atomic E-state index is -0.408. The van der Waals surface area contributed by atoms with Gasteiger partial charge in [0.05, 0.1) is 18.6 Å². The molecular weight excluding hydrogens is 393 g/mol. The second kappa shape index (κ2) is 8.27. The maximum atomic E-state index is 13.2. The molecule has 0 saturated heterocycles. The second-order valence-corrected chi connectivity index (χ2v) is 6.99. The van der Waals surface area contributed by atoms with Crippen LogP contribution in [0.5, 0.6) is 5.75 Å². The average Bonchev–Trinajstić information content (AvgIpc) is 3.14. The first-order valence-electron chi connectivity index (χ1n) is 8.67. The third kappa shape index (κ3) is 4.35. The SMILES string of the molecule is COc1ccc(-c2ccc3nnc(SCC(=O)Nc4cccc(F)c4)n3n2)cc1. The van der Waals surface area contributed by atoms with Crippen molar-refractivity contribution < 1.29 is 13.9 Å². The highest BCUT2D eigenvalue weighted by Gasteiger charge is 2.12. The summed E-state index contributed by atoms with van der Waals surface area (Å²) in [7, 11) is 1.62. The number of rotatable bonds is 6. The number of amides is 1. The van der Waals surface area contributed by atoms with Crippen molar-refractivity contribution in [3.63, 3.8) is 0 Å². The lowest BCUT2D eigenvalue weighted by Crippen LogP contribution is -2.14. The predicted molar refractivity (Wildman–Crippen MR) is 109 cm³/mol. The summed E-state index contributed by atoms with van der Waals surface area (Å²) in [5, 5.41) is 15.9. The summed E-state index contributed by atoms with van der Waals surface area (Å²) in [4.78, 5) is 12.2. The van der Waals surface area contributed by atoms with Gasteiger partial charge in [-0.3, -0.25) is 4.79 Å². The molecule has 2 aromatic heterocycles. The molecule has 0 unspecified atom stereocenters. The number of aromatic nitrogens is 4. The van der Waals surface area contributed by atoms with E-state index in [1.54, 1.807) is 17.7 Å². The number of carbonyl (C=O) groups is 1. The van der Waals surface area contributed by atoms with Gasteiger partial charge in [0.2, 0.25) is 11.1 Å². The molecule has 4 aromatic rings. The van der Waals surface area contributed by atoms with Crippen LogP contribution in [0.3, 0.4) is 0 Å². The first-order valence-corrected chi connectivity index (χ1v) is 9.66. The van der Waals surface area contributed by atoms with Crippen molar-refractivity contribution in [3.05, 3.63) is 66.5 Å². The fourth-order valence-electron chi connectivity index (χ4n) is 2.67. The first-order chi connectivity index (χ1) is 14.1. The summed E-state index contributed by atoms with van der Waals surface area (Å²) in [5.74, 6) is 0.170. The number of anilines is 1. The van der Waals surface area contributed by atoms with Crippen LogP contribution in [-0.2, 0) is 4.79 Å². The molecule has 1 amide bonds. The average molecular weight is 409 g/mol. The van der Waals surface area contributed by atoms with Crippen LogP contribution >= 0.6 is 11.8 Å². The summed E-state index contributed by atoms with van der Waals surface area (Å²) < 4.78 is 20.0. The molecule has 0 atom stereocenters. The Morgan fingerprint density at radius 2 is 1.97 bits per heavy atom. The van der Waals surface area contributed by atoms with Crippen LogP contribution in [-0.4, -0.2) is 38.6 Å². The smallest absolute Gasteiger partial charge is 0.234 e. The standard InChI is InChI=1S/C20H16FN5O2S/c1-28-16-7-5-13(6-8-16)17-9-10-18-23-24-20(26(18)25-17)29-12-19(27)22-15-4-2-3-14(21)11-15/h2-11H,12H2,1H3,(H,22,27). The van der Waals surface area contributed by atoms with E-state index in [1.807, 2.05) is 36.4 Å². The molecule has 7 nitrogen and oxygen atoms in total. The summed E-state index contributed by atoms with van der Waals surface area (Å²) >= 11 is 1.20. The maximum absolute atomic E-state index is 13.2. The Morgan fingerprint density at radius 1 is 1.14 bits per heavy atom. The highest BCUT2D eigenvalue weighted by atomic mass is 32.2. The molecule has 0 aliphatic heterocycles. The lowest BCUT2D eigenvalue weighted by molar-refractivity contribution is -0.113. The van der Waals surface area contributed by atoms with E-state index in [1.165, 1.54) is 30.0 Å². The molecule has 0 aliphatic carbocycles. The topological polar surface area (TPSA) is 81.4 Å². The molecule has 2 heterocycles. The molecule has 1 N–H and O–H groups in total. The molecule has 9 heteroatoms. The quantitative estimate of drug-likeness (QED) is 0.490. The number of methoxy groups -OCH3 is 1. The van der Waals surface area contributed by atoms with E-state index >= 15 is 0 Å². The van der Waals surface area contributed by atoms with Gasteiger partial charge in [0, 0.05) is 11.3 Å². The van der Waals surface area contributed by atoms with E-state index in [2.05, 4.69) is 20.6 Å². The number of hydrogen-bond acceptors (Lipinski definition) is 6. The van der Waals surface area contributed by atoms with E-state index < -0.39 is 5.82 Å². The second-order valence-electron chi connectivity index (χ2n) is 6.05. The Hall–Kier alpha value is -3.46. The number of ether oxygens (including phenoxy) is 1. The number of thioether (sulfide) groups is 1. The van der Waals surface area contributed by atoms with Gasteiger partial charge in [-0.25, -0.2) is 4.39 Å². The molecule has 0 spiro atoms. The lowest BCUT2D eigenvalue weighted by Gasteiger charge is -2.05. The summed E-state index contributed by atoms with van der Waals surface area (Å²) in [6.07, 6.45) is 0. The van der Waals surface area contributed by atoms with Crippen molar-refractivity contribution in [2.24, 2.45) is 0 Å². The van der Waals surface area contributed by atoms with Crippen LogP contribution < -0.4 is 10.1 Å². The Kier molecular flexibility index (Phi) is 5.39. The third-order valence-corrected chi connectivity index (χ3v) is 4.98. The fourth-order valence-corrected chi connectivity index (χ4v) is 3.36. The Balaban J connectivity index is 1.49. The largest absolute Gasteiger partial charge is 0.497 e. The molecule has 2 aromatic carbocycles. The number of fused-ring (bicyclic) bond motifs is 1. The van der Waals surface area contributed by atoms with Crippen LogP contribution in [0.4, 0.5) is 10.1 Å². The van der Waals surface area contributed by atoms with E-state index in [0.29, 0.717) is 16.5 Å². The van der Waals surface area contributed by atoms with E-state index in [-0.39, 0.29) is 11.7 Å². The normalized spacial score (nSPS) is 10.8. The molecule has 146 valence electrons. The van der Waals surface area contributed by atoms with Crippen LogP contribution in [0.1, 0.15) is 0 Å². The monoisotopic (exact) mass is 409 g/mol. The van der Waals surface area contributed by atoms with Gasteiger partial charge in [-0.15, -0.1) is 10.2 Å². The minimum absolute atomic E-state index is 0.0890. The third-order valence-electron chi connectivity index (χ3n) is 4.06.